The van der Waals surface area contributed by atoms with Gasteiger partial charge in [0.05, 0.1) is 17.6 Å². The Morgan fingerprint density at radius 3 is 2.58 bits per heavy atom. The Hall–Kier alpha value is -2.29. The fraction of sp³-hybridized carbons (Fsp3) is 0.381. The van der Waals surface area contributed by atoms with E-state index in [-0.39, 0.29) is 0 Å². The lowest BCUT2D eigenvalue weighted by Crippen LogP contribution is -2.05. The molecule has 1 aromatic heterocycles. The van der Waals surface area contributed by atoms with E-state index in [1.165, 1.54) is 11.1 Å². The molecule has 0 fully saturated rings. The first-order valence-electron chi connectivity index (χ1n) is 8.80. The number of rotatable bonds is 7. The molecular formula is C21H26N2O. The molecule has 0 aliphatic heterocycles. The first-order valence-corrected chi connectivity index (χ1v) is 8.80. The zero-order valence-corrected chi connectivity index (χ0v) is 14.8. The van der Waals surface area contributed by atoms with Crippen LogP contribution >= 0.6 is 0 Å². The van der Waals surface area contributed by atoms with Gasteiger partial charge >= 0.3 is 0 Å². The molecule has 3 heteroatoms. The van der Waals surface area contributed by atoms with Crippen molar-refractivity contribution < 1.29 is 4.74 Å². The summed E-state index contributed by atoms with van der Waals surface area (Å²) < 4.78 is 8.31. The maximum absolute atomic E-state index is 6.01. The average molecular weight is 322 g/mol. The van der Waals surface area contributed by atoms with E-state index < -0.39 is 0 Å². The van der Waals surface area contributed by atoms with Crippen molar-refractivity contribution in [2.45, 2.75) is 46.1 Å². The van der Waals surface area contributed by atoms with Crippen molar-refractivity contribution in [1.82, 2.24) is 9.55 Å². The number of aryl methyl sites for hydroxylation is 2. The molecule has 2 aromatic carbocycles. The monoisotopic (exact) mass is 322 g/mol. The third-order valence-corrected chi connectivity index (χ3v) is 4.42. The van der Waals surface area contributed by atoms with Crippen molar-refractivity contribution in [3.05, 3.63) is 59.9 Å². The Morgan fingerprint density at radius 2 is 1.75 bits per heavy atom. The second kappa shape index (κ2) is 7.52. The molecule has 24 heavy (non-hydrogen) atoms. The van der Waals surface area contributed by atoms with Crippen LogP contribution in [0.5, 0.6) is 5.75 Å². The predicted molar refractivity (Wildman–Crippen MR) is 99.7 cm³/mol. The quantitative estimate of drug-likeness (QED) is 0.550. The number of nitrogens with zero attached hydrogens (tertiary/aromatic N) is 2. The van der Waals surface area contributed by atoms with Crippen LogP contribution in [0.4, 0.5) is 0 Å². The van der Waals surface area contributed by atoms with Crippen LogP contribution in [0.25, 0.3) is 11.0 Å². The lowest BCUT2D eigenvalue weighted by molar-refractivity contribution is 0.299. The summed E-state index contributed by atoms with van der Waals surface area (Å²) in [4.78, 5) is 4.62. The average Bonchev–Trinajstić information content (AvgIpc) is 2.90. The van der Waals surface area contributed by atoms with Gasteiger partial charge in [-0.05, 0) is 49.4 Å². The van der Waals surface area contributed by atoms with Gasteiger partial charge in [-0.15, -0.1) is 0 Å². The van der Waals surface area contributed by atoms with Gasteiger partial charge < -0.3 is 9.30 Å². The Bertz CT molecular complexity index is 804. The molecule has 0 aliphatic carbocycles. The molecule has 3 nitrogen and oxygen atoms in total. The highest BCUT2D eigenvalue weighted by molar-refractivity contribution is 5.75. The van der Waals surface area contributed by atoms with Crippen molar-refractivity contribution in [3.63, 3.8) is 0 Å². The van der Waals surface area contributed by atoms with Gasteiger partial charge in [0, 0.05) is 6.54 Å². The molecule has 0 unspecified atom stereocenters. The minimum absolute atomic E-state index is 0.487. The van der Waals surface area contributed by atoms with Gasteiger partial charge in [-0.1, -0.05) is 44.2 Å². The van der Waals surface area contributed by atoms with E-state index in [4.69, 9.17) is 4.74 Å². The molecule has 0 radical (unpaired) electrons. The van der Waals surface area contributed by atoms with Gasteiger partial charge in [0.1, 0.15) is 11.6 Å². The number of unbranched alkanes of at least 4 members (excludes halogenated alkanes) is 1. The van der Waals surface area contributed by atoms with Crippen LogP contribution in [0, 0.1) is 6.92 Å². The minimum Gasteiger partial charge on any atom is -0.493 e. The summed E-state index contributed by atoms with van der Waals surface area (Å²) in [5, 5.41) is 0. The topological polar surface area (TPSA) is 27.1 Å². The molecule has 0 bridgehead atoms. The van der Waals surface area contributed by atoms with Gasteiger partial charge in [-0.25, -0.2) is 4.98 Å². The van der Waals surface area contributed by atoms with Crippen molar-refractivity contribution in [2.75, 3.05) is 6.61 Å². The Balaban J connectivity index is 1.53. The molecule has 0 N–H and O–H groups in total. The Kier molecular flexibility index (Phi) is 5.19. The normalized spacial score (nSPS) is 11.3. The summed E-state index contributed by atoms with van der Waals surface area (Å²) >= 11 is 0. The summed E-state index contributed by atoms with van der Waals surface area (Å²) in [6.45, 7) is 8.23. The van der Waals surface area contributed by atoms with Crippen LogP contribution in [-0.2, 0) is 6.54 Å². The molecule has 3 rings (SSSR count). The number of hydrogen-bond donors (Lipinski definition) is 0. The first kappa shape index (κ1) is 16.6. The van der Waals surface area contributed by atoms with Crippen LogP contribution < -0.4 is 4.74 Å². The van der Waals surface area contributed by atoms with Crippen LogP contribution in [0.1, 0.15) is 44.0 Å². The van der Waals surface area contributed by atoms with E-state index in [0.717, 1.165) is 43.1 Å². The molecule has 0 saturated carbocycles. The molecule has 1 heterocycles. The SMILES string of the molecule is Cc1nc2ccccc2n1CCCCOc1ccccc1C(C)C. The molecule has 126 valence electrons. The highest BCUT2D eigenvalue weighted by Gasteiger charge is 2.08. The maximum atomic E-state index is 6.01. The van der Waals surface area contributed by atoms with Crippen molar-refractivity contribution in [3.8, 4) is 5.75 Å². The minimum atomic E-state index is 0.487. The summed E-state index contributed by atoms with van der Waals surface area (Å²) in [5.41, 5.74) is 3.59. The highest BCUT2D eigenvalue weighted by Crippen LogP contribution is 2.26. The van der Waals surface area contributed by atoms with Gasteiger partial charge in [0.15, 0.2) is 0 Å². The Morgan fingerprint density at radius 1 is 1.00 bits per heavy atom. The van der Waals surface area contributed by atoms with Gasteiger partial charge in [0.2, 0.25) is 0 Å². The molecule has 0 spiro atoms. The molecule has 3 aromatic rings. The van der Waals surface area contributed by atoms with Gasteiger partial charge in [0.25, 0.3) is 0 Å². The lowest BCUT2D eigenvalue weighted by atomic mass is 10.0. The first-order chi connectivity index (χ1) is 11.7. The van der Waals surface area contributed by atoms with E-state index in [1.54, 1.807) is 0 Å². The third-order valence-electron chi connectivity index (χ3n) is 4.42. The molecule has 0 amide bonds. The summed E-state index contributed by atoms with van der Waals surface area (Å²) in [6.07, 6.45) is 2.13. The smallest absolute Gasteiger partial charge is 0.122 e. The summed E-state index contributed by atoms with van der Waals surface area (Å²) in [7, 11) is 0. The van der Waals surface area contributed by atoms with Gasteiger partial charge in [-0.2, -0.15) is 0 Å². The van der Waals surface area contributed by atoms with Gasteiger partial charge in [-0.3, -0.25) is 0 Å². The van der Waals surface area contributed by atoms with E-state index in [2.05, 4.69) is 66.7 Å². The second-order valence-corrected chi connectivity index (χ2v) is 6.55. The van der Waals surface area contributed by atoms with Crippen LogP contribution in [-0.4, -0.2) is 16.2 Å². The number of imidazole rings is 1. The zero-order valence-electron chi connectivity index (χ0n) is 14.8. The molecule has 0 aliphatic rings. The lowest BCUT2D eigenvalue weighted by Gasteiger charge is -2.14. The fourth-order valence-electron chi connectivity index (χ4n) is 3.12. The van der Waals surface area contributed by atoms with Crippen LogP contribution in [0.3, 0.4) is 0 Å². The van der Waals surface area contributed by atoms with E-state index >= 15 is 0 Å². The zero-order chi connectivity index (χ0) is 16.9. The molecule has 0 saturated heterocycles. The Labute approximate surface area is 144 Å². The van der Waals surface area contributed by atoms with E-state index in [9.17, 15) is 0 Å². The number of ether oxygens (including phenoxy) is 1. The van der Waals surface area contributed by atoms with E-state index in [1.807, 2.05) is 12.1 Å². The van der Waals surface area contributed by atoms with Crippen molar-refractivity contribution in [2.24, 2.45) is 0 Å². The number of para-hydroxylation sites is 3. The van der Waals surface area contributed by atoms with E-state index in [0.29, 0.717) is 5.92 Å². The van der Waals surface area contributed by atoms with Crippen LogP contribution in [0.15, 0.2) is 48.5 Å². The number of hydrogen-bond acceptors (Lipinski definition) is 2. The second-order valence-electron chi connectivity index (χ2n) is 6.55. The summed E-state index contributed by atoms with van der Waals surface area (Å²) in [5.74, 6) is 2.60. The standard InChI is InChI=1S/C21H26N2O/c1-16(2)18-10-4-7-13-21(18)24-15-9-8-14-23-17(3)22-19-11-5-6-12-20(19)23/h4-7,10-13,16H,8-9,14-15H2,1-3H3. The molecular weight excluding hydrogens is 296 g/mol. The third kappa shape index (κ3) is 3.61. The molecule has 0 atom stereocenters. The predicted octanol–water partition coefficient (Wildman–Crippen LogP) is 5.33. The summed E-state index contributed by atoms with van der Waals surface area (Å²) in [6, 6.07) is 16.7. The number of aromatic nitrogens is 2. The van der Waals surface area contributed by atoms with Crippen molar-refractivity contribution >= 4 is 11.0 Å². The van der Waals surface area contributed by atoms with Crippen LogP contribution in [0.2, 0.25) is 0 Å². The van der Waals surface area contributed by atoms with Crippen molar-refractivity contribution in [1.29, 1.82) is 0 Å². The largest absolute Gasteiger partial charge is 0.493 e. The number of fused-ring (bicyclic) bond motifs is 1. The fourth-order valence-corrected chi connectivity index (χ4v) is 3.12. The maximum Gasteiger partial charge on any atom is 0.122 e. The highest BCUT2D eigenvalue weighted by atomic mass is 16.5. The number of benzene rings is 2.